The summed E-state index contributed by atoms with van der Waals surface area (Å²) in [6, 6.07) is 8.66. The van der Waals surface area contributed by atoms with Crippen molar-refractivity contribution in [2.24, 2.45) is 0 Å². The van der Waals surface area contributed by atoms with Crippen molar-refractivity contribution >= 4 is 23.2 Å². The van der Waals surface area contributed by atoms with E-state index in [1.165, 1.54) is 18.2 Å². The van der Waals surface area contributed by atoms with Crippen LogP contribution in [0.4, 0.5) is 18.9 Å². The number of benzene rings is 1. The van der Waals surface area contributed by atoms with Crippen LogP contribution in [0.5, 0.6) is 0 Å². The highest BCUT2D eigenvalue weighted by Crippen LogP contribution is 2.34. The third kappa shape index (κ3) is 5.67. The maximum absolute atomic E-state index is 13.0. The van der Waals surface area contributed by atoms with Crippen LogP contribution in [-0.4, -0.2) is 53.4 Å². The van der Waals surface area contributed by atoms with Gasteiger partial charge in [-0.1, -0.05) is 29.8 Å². The molecule has 2 heterocycles. The van der Waals surface area contributed by atoms with E-state index < -0.39 is 17.6 Å². The highest BCUT2D eigenvalue weighted by Gasteiger charge is 2.33. The van der Waals surface area contributed by atoms with Crippen molar-refractivity contribution in [3.63, 3.8) is 0 Å². The zero-order valence-corrected chi connectivity index (χ0v) is 15.8. The fourth-order valence-corrected chi connectivity index (χ4v) is 3.21. The van der Waals surface area contributed by atoms with Gasteiger partial charge < -0.3 is 5.32 Å². The molecule has 150 valence electrons. The number of nitrogens with zero attached hydrogens (tertiary/aromatic N) is 3. The fraction of sp³-hybridized carbons (Fsp3) is 0.368. The molecule has 1 aromatic heterocycles. The number of halogens is 4. The largest absolute Gasteiger partial charge is 0.418 e. The molecule has 5 nitrogen and oxygen atoms in total. The Morgan fingerprint density at radius 2 is 1.75 bits per heavy atom. The van der Waals surface area contributed by atoms with Gasteiger partial charge in [0.2, 0.25) is 5.91 Å². The number of piperazine rings is 1. The van der Waals surface area contributed by atoms with Crippen LogP contribution in [0.15, 0.2) is 42.6 Å². The first-order valence-corrected chi connectivity index (χ1v) is 9.20. The number of alkyl halides is 3. The van der Waals surface area contributed by atoms with Gasteiger partial charge in [-0.15, -0.1) is 0 Å². The number of hydrogen-bond donors (Lipinski definition) is 1. The summed E-state index contributed by atoms with van der Waals surface area (Å²) in [4.78, 5) is 20.4. The molecule has 1 N–H and O–H groups in total. The average molecular weight is 413 g/mol. The molecule has 3 rings (SSSR count). The number of anilines is 1. The van der Waals surface area contributed by atoms with Crippen molar-refractivity contribution < 1.29 is 18.0 Å². The van der Waals surface area contributed by atoms with Gasteiger partial charge in [-0.05, 0) is 23.8 Å². The molecule has 9 heteroatoms. The Labute approximate surface area is 166 Å². The second-order valence-corrected chi connectivity index (χ2v) is 7.02. The van der Waals surface area contributed by atoms with Crippen LogP contribution in [0.3, 0.4) is 0 Å². The van der Waals surface area contributed by atoms with Gasteiger partial charge in [0.15, 0.2) is 0 Å². The molecule has 1 aliphatic heterocycles. The number of carbonyl (C=O) groups is 1. The summed E-state index contributed by atoms with van der Waals surface area (Å²) < 4.78 is 39.1. The Balaban J connectivity index is 1.48. The molecule has 0 spiro atoms. The smallest absolute Gasteiger partial charge is 0.324 e. The van der Waals surface area contributed by atoms with Gasteiger partial charge in [0, 0.05) is 38.9 Å². The van der Waals surface area contributed by atoms with Crippen LogP contribution < -0.4 is 5.32 Å². The molecule has 1 aliphatic rings. The minimum atomic E-state index is -4.51. The van der Waals surface area contributed by atoms with Crippen molar-refractivity contribution in [3.05, 3.63) is 58.9 Å². The first kappa shape index (κ1) is 20.6. The lowest BCUT2D eigenvalue weighted by Gasteiger charge is -2.34. The number of carbonyl (C=O) groups excluding carboxylic acids is 1. The lowest BCUT2D eigenvalue weighted by Crippen LogP contribution is -2.48. The van der Waals surface area contributed by atoms with Crippen LogP contribution >= 0.6 is 11.6 Å². The predicted octanol–water partition coefficient (Wildman–Crippen LogP) is 3.51. The van der Waals surface area contributed by atoms with Crippen molar-refractivity contribution in [3.8, 4) is 0 Å². The lowest BCUT2D eigenvalue weighted by molar-refractivity contribution is -0.137. The topological polar surface area (TPSA) is 48.5 Å². The molecule has 0 unspecified atom stereocenters. The quantitative estimate of drug-likeness (QED) is 0.763. The maximum atomic E-state index is 13.0. The summed E-state index contributed by atoms with van der Waals surface area (Å²) in [6.07, 6.45) is -2.77. The van der Waals surface area contributed by atoms with Crippen molar-refractivity contribution in [2.75, 3.05) is 38.0 Å². The number of para-hydroxylation sites is 1. The number of pyridine rings is 1. The van der Waals surface area contributed by atoms with E-state index in [0.717, 1.165) is 31.3 Å². The molecule has 1 amide bonds. The maximum Gasteiger partial charge on any atom is 0.418 e. The summed E-state index contributed by atoms with van der Waals surface area (Å²) in [5.41, 5.74) is -0.00188. The van der Waals surface area contributed by atoms with Crippen LogP contribution in [0.25, 0.3) is 0 Å². The van der Waals surface area contributed by atoms with E-state index in [1.54, 1.807) is 12.3 Å². The molecule has 0 saturated carbocycles. The molecule has 28 heavy (non-hydrogen) atoms. The number of nitrogens with one attached hydrogen (secondary N) is 1. The molecule has 2 aromatic rings. The monoisotopic (exact) mass is 412 g/mol. The van der Waals surface area contributed by atoms with E-state index in [1.807, 2.05) is 11.0 Å². The Kier molecular flexibility index (Phi) is 6.53. The van der Waals surface area contributed by atoms with Crippen LogP contribution in [0.2, 0.25) is 5.15 Å². The number of aromatic nitrogens is 1. The standard InChI is InChI=1S/C19H20ClF3N4O/c20-17-6-5-14(11-24-17)12-26-7-9-27(10-8-26)13-18(28)25-16-4-2-1-3-15(16)19(21,22)23/h1-6,11H,7-10,12-13H2,(H,25,28). The second-order valence-electron chi connectivity index (χ2n) is 6.63. The minimum absolute atomic E-state index is 0.0581. The highest BCUT2D eigenvalue weighted by atomic mass is 35.5. The van der Waals surface area contributed by atoms with Gasteiger partial charge in [0.1, 0.15) is 5.15 Å². The Morgan fingerprint density at radius 3 is 2.39 bits per heavy atom. The number of hydrogen-bond acceptors (Lipinski definition) is 4. The zero-order valence-electron chi connectivity index (χ0n) is 15.0. The first-order valence-electron chi connectivity index (χ1n) is 8.82. The summed E-state index contributed by atoms with van der Waals surface area (Å²) in [7, 11) is 0. The van der Waals surface area contributed by atoms with E-state index in [-0.39, 0.29) is 12.2 Å². The number of amides is 1. The Bertz CT molecular complexity index is 806. The van der Waals surface area contributed by atoms with E-state index in [4.69, 9.17) is 11.6 Å². The molecule has 0 bridgehead atoms. The van der Waals surface area contributed by atoms with Crippen molar-refractivity contribution in [1.82, 2.24) is 14.8 Å². The van der Waals surface area contributed by atoms with E-state index in [2.05, 4.69) is 15.2 Å². The van der Waals surface area contributed by atoms with Crippen molar-refractivity contribution in [2.45, 2.75) is 12.7 Å². The van der Waals surface area contributed by atoms with E-state index in [9.17, 15) is 18.0 Å². The van der Waals surface area contributed by atoms with Crippen LogP contribution in [-0.2, 0) is 17.5 Å². The summed E-state index contributed by atoms with van der Waals surface area (Å²) in [5, 5.41) is 2.84. The fourth-order valence-electron chi connectivity index (χ4n) is 3.10. The predicted molar refractivity (Wildman–Crippen MR) is 101 cm³/mol. The molecular formula is C19H20ClF3N4O. The highest BCUT2D eigenvalue weighted by molar-refractivity contribution is 6.29. The van der Waals surface area contributed by atoms with Crippen molar-refractivity contribution in [1.29, 1.82) is 0 Å². The molecule has 0 radical (unpaired) electrons. The van der Waals surface area contributed by atoms with Gasteiger partial charge in [0.25, 0.3) is 0 Å². The van der Waals surface area contributed by atoms with Gasteiger partial charge >= 0.3 is 6.18 Å². The van der Waals surface area contributed by atoms with Gasteiger partial charge in [-0.3, -0.25) is 14.6 Å². The first-order chi connectivity index (χ1) is 13.3. The van der Waals surface area contributed by atoms with Gasteiger partial charge in [0.05, 0.1) is 17.8 Å². The molecule has 1 aromatic carbocycles. The van der Waals surface area contributed by atoms with Crippen LogP contribution in [0.1, 0.15) is 11.1 Å². The average Bonchev–Trinajstić information content (AvgIpc) is 2.65. The van der Waals surface area contributed by atoms with Gasteiger partial charge in [-0.25, -0.2) is 4.98 Å². The van der Waals surface area contributed by atoms with Gasteiger partial charge in [-0.2, -0.15) is 13.2 Å². The zero-order chi connectivity index (χ0) is 20.1. The van der Waals surface area contributed by atoms with Crippen LogP contribution in [0, 0.1) is 0 Å². The SMILES string of the molecule is O=C(CN1CCN(Cc2ccc(Cl)nc2)CC1)Nc1ccccc1C(F)(F)F. The normalized spacial score (nSPS) is 16.1. The molecule has 0 atom stereocenters. The third-order valence-corrected chi connectivity index (χ3v) is 4.76. The summed E-state index contributed by atoms with van der Waals surface area (Å²) >= 11 is 5.78. The third-order valence-electron chi connectivity index (χ3n) is 4.53. The molecular weight excluding hydrogens is 393 g/mol. The van der Waals surface area contributed by atoms with E-state index in [0.29, 0.717) is 18.2 Å². The number of rotatable bonds is 5. The Hall–Kier alpha value is -2.16. The summed E-state index contributed by atoms with van der Waals surface area (Å²) in [5.74, 6) is -0.452. The van der Waals surface area contributed by atoms with E-state index >= 15 is 0 Å². The molecule has 1 saturated heterocycles. The molecule has 1 fully saturated rings. The Morgan fingerprint density at radius 1 is 1.07 bits per heavy atom. The molecule has 0 aliphatic carbocycles. The lowest BCUT2D eigenvalue weighted by atomic mass is 10.1. The second kappa shape index (κ2) is 8.89. The minimum Gasteiger partial charge on any atom is -0.324 e. The summed E-state index contributed by atoms with van der Waals surface area (Å²) in [6.45, 7) is 3.64.